The number of carbonyl (C=O) groups excluding carboxylic acids is 2. The van der Waals surface area contributed by atoms with Gasteiger partial charge in [0.05, 0.1) is 5.57 Å². The van der Waals surface area contributed by atoms with Crippen LogP contribution >= 0.6 is 11.6 Å². The van der Waals surface area contributed by atoms with Crippen molar-refractivity contribution in [3.05, 3.63) is 75.1 Å². The number of aliphatic hydroxyl groups is 1. The zero-order chi connectivity index (χ0) is 17.7. The van der Waals surface area contributed by atoms with Gasteiger partial charge >= 0.3 is 0 Å². The van der Waals surface area contributed by atoms with Crippen LogP contribution in [0.2, 0.25) is 5.02 Å². The van der Waals surface area contributed by atoms with Crippen LogP contribution in [-0.2, 0) is 9.59 Å². The standard InChI is InChI=1S/C19H10ClNO4/c20-12-5-3-9-1-2-10-7-11(15-17(23)19(25)21-18(15)24)4-6-13(10)16(22)14(9)8-12/h1-8H,(H2,21,23,24,25). The maximum Gasteiger partial charge on any atom is 0.293 e. The van der Waals surface area contributed by atoms with Gasteiger partial charge in [0.15, 0.2) is 11.2 Å². The quantitative estimate of drug-likeness (QED) is 0.660. The summed E-state index contributed by atoms with van der Waals surface area (Å²) in [6.45, 7) is 0. The van der Waals surface area contributed by atoms with E-state index in [2.05, 4.69) is 0 Å². The lowest BCUT2D eigenvalue weighted by Crippen LogP contribution is -2.22. The zero-order valence-corrected chi connectivity index (χ0v) is 13.4. The summed E-state index contributed by atoms with van der Waals surface area (Å²) >= 11 is 5.99. The van der Waals surface area contributed by atoms with Crippen molar-refractivity contribution in [2.45, 2.75) is 0 Å². The fourth-order valence-electron chi connectivity index (χ4n) is 2.97. The summed E-state index contributed by atoms with van der Waals surface area (Å²) in [5.41, 5.74) is 0.0775. The normalized spacial score (nSPS) is 14.4. The minimum atomic E-state index is -0.830. The molecule has 1 aliphatic heterocycles. The second-order valence-electron chi connectivity index (χ2n) is 5.70. The van der Waals surface area contributed by atoms with Crippen molar-refractivity contribution in [2.24, 2.45) is 0 Å². The number of aliphatic hydroxyl groups excluding tert-OH is 1. The maximum absolute atomic E-state index is 12.8. The molecule has 3 aromatic carbocycles. The third-order valence-electron chi connectivity index (χ3n) is 4.19. The largest absolute Gasteiger partial charge is 0.502 e. The Balaban J connectivity index is 2.04. The van der Waals surface area contributed by atoms with Gasteiger partial charge < -0.3 is 5.11 Å². The minimum absolute atomic E-state index is 0.0987. The summed E-state index contributed by atoms with van der Waals surface area (Å²) in [6.07, 6.45) is 0. The summed E-state index contributed by atoms with van der Waals surface area (Å²) in [7, 11) is 0. The Morgan fingerprint density at radius 2 is 1.52 bits per heavy atom. The van der Waals surface area contributed by atoms with Crippen molar-refractivity contribution in [1.82, 2.24) is 5.32 Å². The second kappa shape index (κ2) is 5.43. The summed E-state index contributed by atoms with van der Waals surface area (Å²) in [4.78, 5) is 36.1. The summed E-state index contributed by atoms with van der Waals surface area (Å²) < 4.78 is 0. The number of nitrogens with one attached hydrogen (secondary N) is 1. The van der Waals surface area contributed by atoms with Crippen LogP contribution in [0.4, 0.5) is 0 Å². The number of hydrogen-bond donors (Lipinski definition) is 2. The summed E-state index contributed by atoms with van der Waals surface area (Å²) in [5.74, 6) is -2.12. The molecule has 1 aliphatic rings. The van der Waals surface area contributed by atoms with E-state index in [9.17, 15) is 19.5 Å². The first-order chi connectivity index (χ1) is 12.0. The molecule has 0 spiro atoms. The van der Waals surface area contributed by atoms with E-state index < -0.39 is 17.6 Å². The highest BCUT2D eigenvalue weighted by molar-refractivity contribution is 6.35. The lowest BCUT2D eigenvalue weighted by molar-refractivity contribution is -0.124. The van der Waals surface area contributed by atoms with Gasteiger partial charge in [-0.1, -0.05) is 35.9 Å². The Labute approximate surface area is 146 Å². The molecule has 0 radical (unpaired) electrons. The van der Waals surface area contributed by atoms with Gasteiger partial charge in [-0.25, -0.2) is 0 Å². The van der Waals surface area contributed by atoms with Crippen LogP contribution in [0.15, 0.2) is 59.1 Å². The molecule has 2 amide bonds. The number of imide groups is 1. The average molecular weight is 352 g/mol. The van der Waals surface area contributed by atoms with E-state index in [1.807, 2.05) is 5.32 Å². The van der Waals surface area contributed by atoms with Crippen molar-refractivity contribution >= 4 is 50.5 Å². The molecule has 0 unspecified atom stereocenters. The molecule has 0 fully saturated rings. The Morgan fingerprint density at radius 1 is 0.800 bits per heavy atom. The predicted octanol–water partition coefficient (Wildman–Crippen LogP) is 2.93. The zero-order valence-electron chi connectivity index (χ0n) is 12.7. The lowest BCUT2D eigenvalue weighted by atomic mass is 10.0. The van der Waals surface area contributed by atoms with E-state index in [0.29, 0.717) is 26.7 Å². The van der Waals surface area contributed by atoms with Gasteiger partial charge in [0, 0.05) is 15.8 Å². The molecule has 0 atom stereocenters. The maximum atomic E-state index is 12.8. The molecule has 0 bridgehead atoms. The van der Waals surface area contributed by atoms with Gasteiger partial charge in [0.1, 0.15) is 0 Å². The van der Waals surface area contributed by atoms with Gasteiger partial charge in [-0.3, -0.25) is 19.7 Å². The highest BCUT2D eigenvalue weighted by Crippen LogP contribution is 2.26. The van der Waals surface area contributed by atoms with E-state index in [-0.39, 0.29) is 11.0 Å². The molecular weight excluding hydrogens is 342 g/mol. The fourth-order valence-corrected chi connectivity index (χ4v) is 3.14. The molecule has 0 aliphatic carbocycles. The molecule has 0 aromatic heterocycles. The Hall–Kier alpha value is -3.18. The third-order valence-corrected chi connectivity index (χ3v) is 4.43. The number of amides is 2. The summed E-state index contributed by atoms with van der Waals surface area (Å²) in [6, 6.07) is 13.3. The van der Waals surface area contributed by atoms with Gasteiger partial charge in [0.25, 0.3) is 11.8 Å². The second-order valence-corrected chi connectivity index (χ2v) is 6.14. The molecule has 2 N–H and O–H groups in total. The molecule has 3 aromatic rings. The first-order valence-corrected chi connectivity index (χ1v) is 7.79. The van der Waals surface area contributed by atoms with Crippen LogP contribution < -0.4 is 10.7 Å². The van der Waals surface area contributed by atoms with Crippen LogP contribution in [0.3, 0.4) is 0 Å². The molecule has 5 nitrogen and oxygen atoms in total. The van der Waals surface area contributed by atoms with Crippen molar-refractivity contribution in [1.29, 1.82) is 0 Å². The average Bonchev–Trinajstić information content (AvgIpc) is 2.76. The monoisotopic (exact) mass is 351 g/mol. The molecular formula is C19H10ClNO4. The van der Waals surface area contributed by atoms with E-state index in [4.69, 9.17) is 11.6 Å². The van der Waals surface area contributed by atoms with Crippen molar-refractivity contribution in [3.8, 4) is 0 Å². The minimum Gasteiger partial charge on any atom is -0.502 e. The lowest BCUT2D eigenvalue weighted by Gasteiger charge is -2.01. The van der Waals surface area contributed by atoms with Crippen LogP contribution in [0.1, 0.15) is 5.56 Å². The Kier molecular flexibility index (Phi) is 3.33. The topological polar surface area (TPSA) is 83.5 Å². The van der Waals surface area contributed by atoms with Gasteiger partial charge in [-0.05, 0) is 40.6 Å². The number of halogens is 1. The summed E-state index contributed by atoms with van der Waals surface area (Å²) in [5, 5.41) is 14.6. The number of benzene rings is 2. The van der Waals surface area contributed by atoms with Crippen molar-refractivity contribution in [3.63, 3.8) is 0 Å². The molecule has 6 heteroatoms. The number of hydrogen-bond acceptors (Lipinski definition) is 4. The van der Waals surface area contributed by atoms with E-state index in [0.717, 1.165) is 5.39 Å². The Bertz CT molecular complexity index is 1200. The smallest absolute Gasteiger partial charge is 0.293 e. The van der Waals surface area contributed by atoms with Crippen LogP contribution in [0, 0.1) is 0 Å². The third kappa shape index (κ3) is 2.37. The SMILES string of the molecule is O=C1NC(=O)C(c2ccc3c(=O)c4cc(Cl)ccc4ccc3c2)=C1O. The molecule has 122 valence electrons. The molecule has 4 rings (SSSR count). The van der Waals surface area contributed by atoms with Gasteiger partial charge in [0.2, 0.25) is 0 Å². The molecule has 25 heavy (non-hydrogen) atoms. The van der Waals surface area contributed by atoms with Crippen LogP contribution in [-0.4, -0.2) is 16.9 Å². The van der Waals surface area contributed by atoms with E-state index >= 15 is 0 Å². The fraction of sp³-hybridized carbons (Fsp3) is 0. The van der Waals surface area contributed by atoms with Crippen LogP contribution in [0.25, 0.3) is 27.1 Å². The Morgan fingerprint density at radius 3 is 2.24 bits per heavy atom. The van der Waals surface area contributed by atoms with Gasteiger partial charge in [-0.15, -0.1) is 0 Å². The van der Waals surface area contributed by atoms with E-state index in [1.54, 1.807) is 42.5 Å². The highest BCUT2D eigenvalue weighted by Gasteiger charge is 2.31. The van der Waals surface area contributed by atoms with Gasteiger partial charge in [-0.2, -0.15) is 0 Å². The molecule has 1 heterocycles. The highest BCUT2D eigenvalue weighted by atomic mass is 35.5. The van der Waals surface area contributed by atoms with Crippen molar-refractivity contribution < 1.29 is 14.7 Å². The first-order valence-electron chi connectivity index (χ1n) is 7.41. The molecule has 0 saturated carbocycles. The number of rotatable bonds is 1. The van der Waals surface area contributed by atoms with E-state index in [1.165, 1.54) is 6.07 Å². The predicted molar refractivity (Wildman–Crippen MR) is 95.4 cm³/mol. The number of carbonyl (C=O) groups is 2. The first kappa shape index (κ1) is 15.4. The van der Waals surface area contributed by atoms with Crippen molar-refractivity contribution in [2.75, 3.05) is 0 Å². The molecule has 0 saturated heterocycles. The van der Waals surface area contributed by atoms with Crippen LogP contribution in [0.5, 0.6) is 0 Å². The number of fused-ring (bicyclic) bond motifs is 2.